The van der Waals surface area contributed by atoms with Gasteiger partial charge in [0.1, 0.15) is 17.6 Å². The molecule has 2 aromatic carbocycles. The SMILES string of the molecule is COP1(=O)N=C(C2C(=O)N(CCC3CC3)c3ccc(F)cc3C2O)Nc2ccc(NS(C)(=O)=O)cc21. The third-order valence-corrected chi connectivity index (χ3v) is 9.11. The van der Waals surface area contributed by atoms with Crippen LogP contribution in [0.25, 0.3) is 0 Å². The highest BCUT2D eigenvalue weighted by Crippen LogP contribution is 2.53. The van der Waals surface area contributed by atoms with Crippen LogP contribution in [0.1, 0.15) is 30.9 Å². The number of fused-ring (bicyclic) bond motifs is 2. The molecule has 1 amide bonds. The van der Waals surface area contributed by atoms with Crippen LogP contribution in [-0.4, -0.2) is 45.2 Å². The van der Waals surface area contributed by atoms with Crippen molar-refractivity contribution < 1.29 is 31.8 Å². The first-order valence-electron chi connectivity index (χ1n) is 11.4. The van der Waals surface area contributed by atoms with Crippen molar-refractivity contribution in [1.29, 1.82) is 0 Å². The molecular weight excluding hydrogens is 510 g/mol. The number of amidine groups is 1. The highest BCUT2D eigenvalue weighted by Gasteiger charge is 2.46. The van der Waals surface area contributed by atoms with Gasteiger partial charge in [0.15, 0.2) is 0 Å². The van der Waals surface area contributed by atoms with Crippen molar-refractivity contribution in [2.45, 2.75) is 25.4 Å². The van der Waals surface area contributed by atoms with E-state index in [0.717, 1.165) is 25.5 Å². The van der Waals surface area contributed by atoms with Gasteiger partial charge in [-0.05, 0) is 48.7 Å². The van der Waals surface area contributed by atoms with Gasteiger partial charge in [-0.25, -0.2) is 12.8 Å². The largest absolute Gasteiger partial charge is 0.387 e. The number of amides is 1. The Bertz CT molecular complexity index is 1430. The molecule has 3 atom stereocenters. The van der Waals surface area contributed by atoms with Crippen LogP contribution in [0.2, 0.25) is 0 Å². The third-order valence-electron chi connectivity index (χ3n) is 6.55. The van der Waals surface area contributed by atoms with Gasteiger partial charge in [0.2, 0.25) is 15.9 Å². The van der Waals surface area contributed by atoms with Gasteiger partial charge in [0.05, 0.1) is 23.4 Å². The molecule has 1 aliphatic carbocycles. The summed E-state index contributed by atoms with van der Waals surface area (Å²) < 4.78 is 62.9. The Kier molecular flexibility index (Phi) is 6.19. The van der Waals surface area contributed by atoms with Crippen molar-refractivity contribution >= 4 is 51.7 Å². The lowest BCUT2D eigenvalue weighted by molar-refractivity contribution is -0.124. The summed E-state index contributed by atoms with van der Waals surface area (Å²) >= 11 is 0. The van der Waals surface area contributed by atoms with Crippen molar-refractivity contribution in [3.63, 3.8) is 0 Å². The maximum atomic E-state index is 14.1. The molecule has 0 bridgehead atoms. The molecule has 0 radical (unpaired) electrons. The van der Waals surface area contributed by atoms with Crippen molar-refractivity contribution in [2.24, 2.45) is 16.6 Å². The second-order valence-electron chi connectivity index (χ2n) is 9.27. The first-order chi connectivity index (χ1) is 17.0. The monoisotopic (exact) mass is 536 g/mol. The van der Waals surface area contributed by atoms with Gasteiger partial charge in [-0.2, -0.15) is 4.76 Å². The molecule has 1 saturated carbocycles. The number of halogens is 1. The molecule has 3 aliphatic rings. The standard InChI is InChI=1S/C23H26FN4O6PS/c1-34-35(31)19-12-15(27-36(2,32)33)6-7-17(19)25-22(26-35)20-21(29)16-11-14(24)5-8-18(16)28(23(20)30)10-9-13-3-4-13/h5-8,11-13,20-21,27,29H,3-4,9-10H2,1-2H3,(H,25,26,31). The van der Waals surface area contributed by atoms with Crippen molar-refractivity contribution in [3.05, 3.63) is 47.8 Å². The third kappa shape index (κ3) is 4.66. The summed E-state index contributed by atoms with van der Waals surface area (Å²) in [7, 11) is -6.34. The van der Waals surface area contributed by atoms with Crippen molar-refractivity contribution in [2.75, 3.05) is 34.8 Å². The van der Waals surface area contributed by atoms with E-state index in [2.05, 4.69) is 14.8 Å². The van der Waals surface area contributed by atoms with Crippen LogP contribution in [0.15, 0.2) is 41.2 Å². The number of hydrogen-bond donors (Lipinski definition) is 3. The lowest BCUT2D eigenvalue weighted by atomic mass is 9.87. The normalized spacial score (nSPS) is 25.5. The van der Waals surface area contributed by atoms with E-state index in [4.69, 9.17) is 4.52 Å². The van der Waals surface area contributed by atoms with Crippen LogP contribution in [-0.2, 0) is 23.9 Å². The predicted molar refractivity (Wildman–Crippen MR) is 135 cm³/mol. The number of aliphatic hydroxyl groups is 1. The molecule has 2 heterocycles. The predicted octanol–water partition coefficient (Wildman–Crippen LogP) is 2.98. The summed E-state index contributed by atoms with van der Waals surface area (Å²) in [4.78, 5) is 15.2. The highest BCUT2D eigenvalue weighted by molar-refractivity contribution is 7.92. The minimum atomic E-state index is -3.95. The van der Waals surface area contributed by atoms with E-state index in [1.54, 1.807) is 0 Å². The molecule has 1 fully saturated rings. The second-order valence-corrected chi connectivity index (χ2v) is 13.1. The average Bonchev–Trinajstić information content (AvgIpc) is 3.63. The molecule has 3 N–H and O–H groups in total. The Hall–Kier alpha value is -2.79. The second kappa shape index (κ2) is 8.95. The Morgan fingerprint density at radius 1 is 1.28 bits per heavy atom. The van der Waals surface area contributed by atoms with E-state index in [-0.39, 0.29) is 22.4 Å². The average molecular weight is 537 g/mol. The number of nitrogens with one attached hydrogen (secondary N) is 2. The van der Waals surface area contributed by atoms with E-state index >= 15 is 0 Å². The minimum absolute atomic E-state index is 0.0691. The highest BCUT2D eigenvalue weighted by atomic mass is 32.2. The summed E-state index contributed by atoms with van der Waals surface area (Å²) in [6.45, 7) is 0.400. The molecule has 2 aromatic rings. The molecule has 0 saturated heterocycles. The maximum Gasteiger partial charge on any atom is 0.348 e. The van der Waals surface area contributed by atoms with Crippen LogP contribution in [0.3, 0.4) is 0 Å². The van der Waals surface area contributed by atoms with Crippen molar-refractivity contribution in [1.82, 2.24) is 0 Å². The van der Waals surface area contributed by atoms with E-state index in [1.807, 2.05) is 0 Å². The lowest BCUT2D eigenvalue weighted by Gasteiger charge is -2.39. The van der Waals surface area contributed by atoms with E-state index in [1.165, 1.54) is 48.4 Å². The number of nitrogens with zero attached hydrogens (tertiary/aromatic N) is 2. The molecule has 13 heteroatoms. The van der Waals surface area contributed by atoms with E-state index in [0.29, 0.717) is 23.8 Å². The fourth-order valence-corrected chi connectivity index (χ4v) is 6.75. The molecule has 36 heavy (non-hydrogen) atoms. The Labute approximate surface area is 208 Å². The smallest absolute Gasteiger partial charge is 0.348 e. The van der Waals surface area contributed by atoms with Gasteiger partial charge in [-0.1, -0.05) is 12.8 Å². The Balaban J connectivity index is 1.55. The van der Waals surface area contributed by atoms with E-state index < -0.39 is 41.3 Å². The fourth-order valence-electron chi connectivity index (χ4n) is 4.61. The van der Waals surface area contributed by atoms with Gasteiger partial charge in [0.25, 0.3) is 0 Å². The van der Waals surface area contributed by atoms with Crippen LogP contribution in [0.4, 0.5) is 21.5 Å². The Morgan fingerprint density at radius 3 is 2.69 bits per heavy atom. The number of aliphatic hydroxyl groups excluding tert-OH is 1. The van der Waals surface area contributed by atoms with E-state index in [9.17, 15) is 27.3 Å². The van der Waals surface area contributed by atoms with Gasteiger partial charge in [0, 0.05) is 30.6 Å². The van der Waals surface area contributed by atoms with Gasteiger partial charge < -0.3 is 19.8 Å². The molecule has 2 aliphatic heterocycles. The number of hydrogen-bond acceptors (Lipinski definition) is 7. The van der Waals surface area contributed by atoms with Crippen LogP contribution in [0.5, 0.6) is 0 Å². The van der Waals surface area contributed by atoms with Crippen molar-refractivity contribution in [3.8, 4) is 0 Å². The summed E-state index contributed by atoms with van der Waals surface area (Å²) in [5.74, 6) is -1.81. The fraction of sp³-hybridized carbons (Fsp3) is 0.391. The van der Waals surface area contributed by atoms with Gasteiger partial charge in [-0.3, -0.25) is 14.1 Å². The van der Waals surface area contributed by atoms with Gasteiger partial charge in [-0.15, -0.1) is 0 Å². The first kappa shape index (κ1) is 24.9. The van der Waals surface area contributed by atoms with Crippen LogP contribution in [0, 0.1) is 17.7 Å². The first-order valence-corrected chi connectivity index (χ1v) is 14.9. The number of carbonyl (C=O) groups is 1. The lowest BCUT2D eigenvalue weighted by Crippen LogP contribution is -2.49. The quantitative estimate of drug-likeness (QED) is 0.463. The topological polar surface area (TPSA) is 137 Å². The van der Waals surface area contributed by atoms with Crippen LogP contribution >= 0.6 is 7.52 Å². The number of sulfonamides is 1. The van der Waals surface area contributed by atoms with Gasteiger partial charge >= 0.3 is 7.52 Å². The summed E-state index contributed by atoms with van der Waals surface area (Å²) in [6, 6.07) is 8.22. The number of rotatable bonds is 7. The number of anilines is 3. The molecular formula is C23H26FN4O6PS. The summed E-state index contributed by atoms with van der Waals surface area (Å²) in [6.07, 6.45) is 2.53. The zero-order valence-corrected chi connectivity index (χ0v) is 21.4. The molecule has 10 nitrogen and oxygen atoms in total. The summed E-state index contributed by atoms with van der Waals surface area (Å²) in [5.41, 5.74) is 1.14. The maximum absolute atomic E-state index is 14.1. The number of benzene rings is 2. The summed E-state index contributed by atoms with van der Waals surface area (Å²) in [5, 5.41) is 14.3. The zero-order valence-electron chi connectivity index (χ0n) is 19.6. The minimum Gasteiger partial charge on any atom is -0.387 e. The number of carbonyl (C=O) groups excluding carboxylic acids is 1. The molecule has 0 spiro atoms. The van der Waals surface area contributed by atoms with Crippen LogP contribution < -0.4 is 20.2 Å². The molecule has 5 rings (SSSR count). The molecule has 0 aromatic heterocycles. The Morgan fingerprint density at radius 2 is 2.03 bits per heavy atom. The molecule has 192 valence electrons. The molecule has 3 unspecified atom stereocenters. The zero-order chi connectivity index (χ0) is 25.8.